The second-order valence-electron chi connectivity index (χ2n) is 7.37. The monoisotopic (exact) mass is 393 g/mol. The number of ether oxygens (including phenoxy) is 1. The van der Waals surface area contributed by atoms with Crippen LogP contribution >= 0.6 is 0 Å². The van der Waals surface area contributed by atoms with E-state index in [0.29, 0.717) is 24.2 Å². The summed E-state index contributed by atoms with van der Waals surface area (Å²) in [7, 11) is 1.56. The van der Waals surface area contributed by atoms with Crippen molar-refractivity contribution in [1.82, 2.24) is 24.4 Å². The first kappa shape index (κ1) is 19.1. The Morgan fingerprint density at radius 1 is 1.10 bits per heavy atom. The third kappa shape index (κ3) is 3.37. The number of nitrogens with zero attached hydrogens (tertiary/aromatic N) is 5. The molecule has 1 aromatic carbocycles. The topological polar surface area (TPSA) is 57.2 Å². The van der Waals surface area contributed by atoms with E-state index in [1.807, 2.05) is 27.4 Å². The minimum Gasteiger partial charge on any atom is -0.496 e. The minimum atomic E-state index is -0.252. The van der Waals surface area contributed by atoms with Crippen LogP contribution in [0.4, 0.5) is 4.39 Å². The first-order valence-electron chi connectivity index (χ1n) is 9.68. The molecule has 0 aliphatic heterocycles. The van der Waals surface area contributed by atoms with Crippen LogP contribution in [0.15, 0.2) is 42.9 Å². The molecule has 4 aromatic rings. The molecule has 3 aromatic heterocycles. The zero-order valence-corrected chi connectivity index (χ0v) is 17.1. The molecular formula is C22H24FN5O. The number of benzene rings is 1. The molecule has 0 spiro atoms. The van der Waals surface area contributed by atoms with Gasteiger partial charge in [0, 0.05) is 34.1 Å². The van der Waals surface area contributed by atoms with E-state index in [4.69, 9.17) is 4.74 Å². The lowest BCUT2D eigenvalue weighted by molar-refractivity contribution is 0.404. The highest BCUT2D eigenvalue weighted by Crippen LogP contribution is 2.29. The minimum absolute atomic E-state index is 0.252. The van der Waals surface area contributed by atoms with Crippen molar-refractivity contribution in [2.75, 3.05) is 7.11 Å². The standard InChI is InChI=1S/C22H24FN5O/c1-14(2)28-15(3)19(12-25-28)17-10-8-16(27-13-24-26-22(17)27)9-11-18-20(23)6-5-7-21(18)29-4/h5-8,10,12-14H,9,11H2,1-4H3. The summed E-state index contributed by atoms with van der Waals surface area (Å²) in [4.78, 5) is 0. The third-order valence-electron chi connectivity index (χ3n) is 5.29. The van der Waals surface area contributed by atoms with Gasteiger partial charge in [0.15, 0.2) is 5.65 Å². The summed E-state index contributed by atoms with van der Waals surface area (Å²) in [6, 6.07) is 9.28. The molecule has 0 bridgehead atoms. The summed E-state index contributed by atoms with van der Waals surface area (Å²) in [6.07, 6.45) is 4.74. The molecule has 7 heteroatoms. The Bertz CT molecular complexity index is 1160. The van der Waals surface area contributed by atoms with Crippen LogP contribution in [-0.2, 0) is 12.8 Å². The van der Waals surface area contributed by atoms with Crippen LogP contribution in [0.3, 0.4) is 0 Å². The van der Waals surface area contributed by atoms with Gasteiger partial charge in [-0.05, 0) is 57.9 Å². The van der Waals surface area contributed by atoms with Gasteiger partial charge in [-0.25, -0.2) is 4.39 Å². The van der Waals surface area contributed by atoms with Crippen molar-refractivity contribution in [3.63, 3.8) is 0 Å². The highest BCUT2D eigenvalue weighted by Gasteiger charge is 2.17. The molecule has 0 radical (unpaired) electrons. The Morgan fingerprint density at radius 2 is 1.93 bits per heavy atom. The number of aromatic nitrogens is 5. The zero-order chi connectivity index (χ0) is 20.5. The Kier molecular flexibility index (Phi) is 5.05. The molecule has 0 atom stereocenters. The van der Waals surface area contributed by atoms with Gasteiger partial charge >= 0.3 is 0 Å². The summed E-state index contributed by atoms with van der Waals surface area (Å²) in [5.41, 5.74) is 5.48. The molecule has 150 valence electrons. The summed E-state index contributed by atoms with van der Waals surface area (Å²) >= 11 is 0. The molecule has 0 fully saturated rings. The van der Waals surface area contributed by atoms with Gasteiger partial charge in [-0.2, -0.15) is 5.10 Å². The van der Waals surface area contributed by atoms with Gasteiger partial charge in [-0.15, -0.1) is 10.2 Å². The molecule has 0 aliphatic rings. The molecule has 0 unspecified atom stereocenters. The van der Waals surface area contributed by atoms with Gasteiger partial charge in [0.05, 0.1) is 13.3 Å². The molecule has 6 nitrogen and oxygen atoms in total. The van der Waals surface area contributed by atoms with E-state index in [1.165, 1.54) is 6.07 Å². The quantitative estimate of drug-likeness (QED) is 0.487. The summed E-state index contributed by atoms with van der Waals surface area (Å²) in [6.45, 7) is 6.28. The van der Waals surface area contributed by atoms with Crippen molar-refractivity contribution in [2.45, 2.75) is 39.7 Å². The van der Waals surface area contributed by atoms with Crippen molar-refractivity contribution in [3.8, 4) is 16.9 Å². The van der Waals surface area contributed by atoms with Gasteiger partial charge in [-0.1, -0.05) is 6.07 Å². The molecular weight excluding hydrogens is 369 g/mol. The van der Waals surface area contributed by atoms with Gasteiger partial charge in [0.1, 0.15) is 17.9 Å². The third-order valence-corrected chi connectivity index (χ3v) is 5.29. The highest BCUT2D eigenvalue weighted by atomic mass is 19.1. The average Bonchev–Trinajstić information content (AvgIpc) is 3.34. The highest BCUT2D eigenvalue weighted by molar-refractivity contribution is 5.78. The summed E-state index contributed by atoms with van der Waals surface area (Å²) in [5, 5.41) is 13.0. The number of hydrogen-bond donors (Lipinski definition) is 0. The van der Waals surface area contributed by atoms with Crippen molar-refractivity contribution >= 4 is 5.65 Å². The smallest absolute Gasteiger partial charge is 0.168 e. The first-order chi connectivity index (χ1) is 14.0. The predicted molar refractivity (Wildman–Crippen MR) is 110 cm³/mol. The van der Waals surface area contributed by atoms with E-state index in [2.05, 4.69) is 36.1 Å². The molecule has 4 rings (SSSR count). The number of fused-ring (bicyclic) bond motifs is 1. The largest absolute Gasteiger partial charge is 0.496 e. The van der Waals surface area contributed by atoms with Gasteiger partial charge in [-0.3, -0.25) is 9.08 Å². The molecule has 0 saturated carbocycles. The van der Waals surface area contributed by atoms with Crippen molar-refractivity contribution in [3.05, 3.63) is 65.6 Å². The molecule has 3 heterocycles. The second kappa shape index (κ2) is 7.66. The van der Waals surface area contributed by atoms with E-state index in [9.17, 15) is 4.39 Å². The van der Waals surface area contributed by atoms with E-state index in [1.54, 1.807) is 25.6 Å². The zero-order valence-electron chi connectivity index (χ0n) is 17.1. The Hall–Kier alpha value is -3.22. The molecule has 0 aliphatic carbocycles. The average molecular weight is 393 g/mol. The van der Waals surface area contributed by atoms with Crippen molar-refractivity contribution in [1.29, 1.82) is 0 Å². The Morgan fingerprint density at radius 3 is 2.66 bits per heavy atom. The van der Waals surface area contributed by atoms with Gasteiger partial charge < -0.3 is 4.74 Å². The summed E-state index contributed by atoms with van der Waals surface area (Å²) in [5.74, 6) is 0.316. The van der Waals surface area contributed by atoms with Gasteiger partial charge in [0.25, 0.3) is 0 Å². The van der Waals surface area contributed by atoms with E-state index in [0.717, 1.165) is 28.2 Å². The van der Waals surface area contributed by atoms with Crippen LogP contribution in [0.25, 0.3) is 16.8 Å². The second-order valence-corrected chi connectivity index (χ2v) is 7.37. The molecule has 0 amide bonds. The number of pyridine rings is 1. The van der Waals surface area contributed by atoms with Crippen molar-refractivity contribution in [2.24, 2.45) is 0 Å². The maximum absolute atomic E-state index is 14.3. The van der Waals surface area contributed by atoms with Crippen LogP contribution in [-0.4, -0.2) is 31.5 Å². The van der Waals surface area contributed by atoms with Crippen LogP contribution < -0.4 is 4.74 Å². The fourth-order valence-electron chi connectivity index (χ4n) is 3.81. The van der Waals surface area contributed by atoms with Crippen LogP contribution in [0.1, 0.15) is 36.8 Å². The lowest BCUT2D eigenvalue weighted by atomic mass is 10.0. The van der Waals surface area contributed by atoms with E-state index >= 15 is 0 Å². The lowest BCUT2D eigenvalue weighted by Gasteiger charge is -2.12. The first-order valence-corrected chi connectivity index (χ1v) is 9.68. The maximum Gasteiger partial charge on any atom is 0.168 e. The lowest BCUT2D eigenvalue weighted by Crippen LogP contribution is -2.05. The summed E-state index contributed by atoms with van der Waals surface area (Å²) < 4.78 is 23.6. The number of hydrogen-bond acceptors (Lipinski definition) is 4. The number of rotatable bonds is 6. The molecule has 0 saturated heterocycles. The Labute approximate surface area is 169 Å². The Balaban J connectivity index is 1.69. The van der Waals surface area contributed by atoms with Gasteiger partial charge in [0.2, 0.25) is 0 Å². The van der Waals surface area contributed by atoms with E-state index < -0.39 is 0 Å². The molecule has 0 N–H and O–H groups in total. The predicted octanol–water partition coefficient (Wildman–Crippen LogP) is 4.42. The number of methoxy groups -OCH3 is 1. The SMILES string of the molecule is COc1cccc(F)c1CCc1ccc(-c2cnn(C(C)C)c2C)c2nncn12. The normalized spacial score (nSPS) is 11.5. The number of halogens is 1. The van der Waals surface area contributed by atoms with Crippen LogP contribution in [0, 0.1) is 12.7 Å². The molecule has 29 heavy (non-hydrogen) atoms. The van der Waals surface area contributed by atoms with Crippen LogP contribution in [0.2, 0.25) is 0 Å². The van der Waals surface area contributed by atoms with E-state index in [-0.39, 0.29) is 11.9 Å². The fourth-order valence-corrected chi connectivity index (χ4v) is 3.81. The maximum atomic E-state index is 14.3. The van der Waals surface area contributed by atoms with Crippen molar-refractivity contribution < 1.29 is 9.13 Å². The fraction of sp³-hybridized carbons (Fsp3) is 0.318. The van der Waals surface area contributed by atoms with Crippen LogP contribution in [0.5, 0.6) is 5.75 Å². The number of aryl methyl sites for hydroxylation is 1.